The monoisotopic (exact) mass is 236 g/mol. The van der Waals surface area contributed by atoms with Crippen molar-refractivity contribution >= 4 is 0 Å². The van der Waals surface area contributed by atoms with Crippen LogP contribution in [0.5, 0.6) is 0 Å². The maximum Gasteiger partial charge on any atom is 0.123 e. The molecule has 17 heavy (non-hydrogen) atoms. The van der Waals surface area contributed by atoms with Gasteiger partial charge >= 0.3 is 0 Å². The first-order valence-electron chi connectivity index (χ1n) is 6.42. The molecule has 0 amide bonds. The number of halogens is 1. The number of aryl methyl sites for hydroxylation is 1. The minimum atomic E-state index is -0.857. The Balaban J connectivity index is 2.41. The van der Waals surface area contributed by atoms with Gasteiger partial charge in [0.2, 0.25) is 0 Å². The number of hydrogen-bond acceptors (Lipinski definition) is 1. The summed E-state index contributed by atoms with van der Waals surface area (Å²) in [4.78, 5) is 0. The predicted octanol–water partition coefficient (Wildman–Crippen LogP) is 3.78. The van der Waals surface area contributed by atoms with Gasteiger partial charge in [-0.15, -0.1) is 0 Å². The topological polar surface area (TPSA) is 20.2 Å². The Bertz CT molecular complexity index is 395. The van der Waals surface area contributed by atoms with Crippen LogP contribution in [0.1, 0.15) is 44.2 Å². The molecule has 3 atom stereocenters. The van der Waals surface area contributed by atoms with Crippen molar-refractivity contribution in [1.29, 1.82) is 0 Å². The van der Waals surface area contributed by atoms with Crippen molar-refractivity contribution in [1.82, 2.24) is 0 Å². The zero-order valence-corrected chi connectivity index (χ0v) is 10.8. The van der Waals surface area contributed by atoms with Crippen LogP contribution in [0.4, 0.5) is 4.39 Å². The summed E-state index contributed by atoms with van der Waals surface area (Å²) < 4.78 is 13.5. The second kappa shape index (κ2) is 4.41. The molecule has 0 saturated heterocycles. The lowest BCUT2D eigenvalue weighted by atomic mass is 9.68. The lowest BCUT2D eigenvalue weighted by Crippen LogP contribution is -2.39. The molecule has 1 saturated carbocycles. The van der Waals surface area contributed by atoms with E-state index in [2.05, 4.69) is 13.8 Å². The van der Waals surface area contributed by atoms with Crippen LogP contribution in [0.15, 0.2) is 18.2 Å². The van der Waals surface area contributed by atoms with Gasteiger partial charge in [-0.25, -0.2) is 4.39 Å². The Labute approximate surface area is 103 Å². The fraction of sp³-hybridized carbons (Fsp3) is 0.600. The highest BCUT2D eigenvalue weighted by molar-refractivity contribution is 5.29. The van der Waals surface area contributed by atoms with Crippen molar-refractivity contribution in [2.45, 2.75) is 45.6 Å². The lowest BCUT2D eigenvalue weighted by molar-refractivity contribution is -0.0629. The molecule has 0 aliphatic heterocycles. The predicted molar refractivity (Wildman–Crippen MR) is 67.2 cm³/mol. The number of rotatable bonds is 1. The van der Waals surface area contributed by atoms with E-state index in [4.69, 9.17) is 0 Å². The van der Waals surface area contributed by atoms with Crippen molar-refractivity contribution in [3.05, 3.63) is 35.1 Å². The molecule has 94 valence electrons. The van der Waals surface area contributed by atoms with E-state index in [0.717, 1.165) is 30.4 Å². The zero-order valence-electron chi connectivity index (χ0n) is 10.8. The molecule has 1 N–H and O–H groups in total. The quantitative estimate of drug-likeness (QED) is 0.786. The standard InChI is InChI=1S/C15H21FO/c1-10-4-5-12(3)15(17,9-10)13-6-11(2)7-14(16)8-13/h6-8,10,12,17H,4-5,9H2,1-3H3. The van der Waals surface area contributed by atoms with Gasteiger partial charge in [0.25, 0.3) is 0 Å². The molecule has 0 spiro atoms. The lowest BCUT2D eigenvalue weighted by Gasteiger charge is -2.41. The Morgan fingerprint density at radius 3 is 2.59 bits per heavy atom. The van der Waals surface area contributed by atoms with Gasteiger partial charge in [-0.3, -0.25) is 0 Å². The molecule has 1 aromatic carbocycles. The summed E-state index contributed by atoms with van der Waals surface area (Å²) in [5, 5.41) is 10.9. The van der Waals surface area contributed by atoms with E-state index in [0.29, 0.717) is 5.92 Å². The molecule has 1 nitrogen and oxygen atoms in total. The summed E-state index contributed by atoms with van der Waals surface area (Å²) in [6.45, 7) is 6.09. The second-order valence-corrected chi connectivity index (χ2v) is 5.73. The van der Waals surface area contributed by atoms with E-state index in [1.807, 2.05) is 13.0 Å². The van der Waals surface area contributed by atoms with Crippen LogP contribution in [0, 0.1) is 24.6 Å². The van der Waals surface area contributed by atoms with Crippen molar-refractivity contribution in [2.75, 3.05) is 0 Å². The van der Waals surface area contributed by atoms with Gasteiger partial charge in [-0.1, -0.05) is 26.3 Å². The van der Waals surface area contributed by atoms with Crippen LogP contribution in [0.2, 0.25) is 0 Å². The minimum absolute atomic E-state index is 0.194. The maximum atomic E-state index is 13.5. The largest absolute Gasteiger partial charge is 0.385 e. The first-order chi connectivity index (χ1) is 7.91. The zero-order chi connectivity index (χ0) is 12.6. The highest BCUT2D eigenvalue weighted by atomic mass is 19.1. The highest BCUT2D eigenvalue weighted by Crippen LogP contribution is 2.44. The normalized spacial score (nSPS) is 33.7. The van der Waals surface area contributed by atoms with Gasteiger partial charge in [0.15, 0.2) is 0 Å². The van der Waals surface area contributed by atoms with Crippen LogP contribution in [0.25, 0.3) is 0 Å². The molecule has 1 fully saturated rings. The maximum absolute atomic E-state index is 13.5. The first kappa shape index (κ1) is 12.6. The highest BCUT2D eigenvalue weighted by Gasteiger charge is 2.40. The van der Waals surface area contributed by atoms with Crippen LogP contribution >= 0.6 is 0 Å². The van der Waals surface area contributed by atoms with Crippen molar-refractivity contribution in [3.63, 3.8) is 0 Å². The number of aliphatic hydroxyl groups is 1. The molecule has 1 aliphatic rings. The summed E-state index contributed by atoms with van der Waals surface area (Å²) >= 11 is 0. The van der Waals surface area contributed by atoms with Gasteiger partial charge in [-0.2, -0.15) is 0 Å². The van der Waals surface area contributed by atoms with Gasteiger partial charge in [0.1, 0.15) is 5.82 Å². The summed E-state index contributed by atoms with van der Waals surface area (Å²) in [7, 11) is 0. The molecular weight excluding hydrogens is 215 g/mol. The SMILES string of the molecule is Cc1cc(F)cc(C2(O)CC(C)CCC2C)c1. The molecule has 1 aromatic rings. The molecule has 0 bridgehead atoms. The van der Waals surface area contributed by atoms with Crippen LogP contribution in [-0.4, -0.2) is 5.11 Å². The third-order valence-electron chi connectivity index (χ3n) is 4.11. The Morgan fingerprint density at radius 1 is 1.24 bits per heavy atom. The number of benzene rings is 1. The average molecular weight is 236 g/mol. The molecule has 0 aromatic heterocycles. The van der Waals surface area contributed by atoms with Gasteiger partial charge in [0.05, 0.1) is 5.60 Å². The molecule has 1 aliphatic carbocycles. The Morgan fingerprint density at radius 2 is 1.94 bits per heavy atom. The van der Waals surface area contributed by atoms with E-state index >= 15 is 0 Å². The molecular formula is C15H21FO. The number of hydrogen-bond donors (Lipinski definition) is 1. The van der Waals surface area contributed by atoms with Crippen LogP contribution < -0.4 is 0 Å². The molecule has 2 rings (SSSR count). The van der Waals surface area contributed by atoms with Gasteiger partial charge in [0, 0.05) is 0 Å². The van der Waals surface area contributed by atoms with Crippen molar-refractivity contribution in [3.8, 4) is 0 Å². The Hall–Kier alpha value is -0.890. The van der Waals surface area contributed by atoms with E-state index in [1.54, 1.807) is 0 Å². The van der Waals surface area contributed by atoms with E-state index in [-0.39, 0.29) is 11.7 Å². The first-order valence-corrected chi connectivity index (χ1v) is 6.42. The summed E-state index contributed by atoms with van der Waals surface area (Å²) in [5.74, 6) is 0.443. The fourth-order valence-electron chi connectivity index (χ4n) is 3.00. The summed E-state index contributed by atoms with van der Waals surface area (Å²) in [6.07, 6.45) is 2.89. The van der Waals surface area contributed by atoms with Crippen molar-refractivity contribution < 1.29 is 9.50 Å². The van der Waals surface area contributed by atoms with E-state index in [9.17, 15) is 9.50 Å². The van der Waals surface area contributed by atoms with Gasteiger partial charge in [-0.05, 0) is 54.9 Å². The molecule has 2 heteroatoms. The van der Waals surface area contributed by atoms with E-state index in [1.165, 1.54) is 12.1 Å². The van der Waals surface area contributed by atoms with Crippen LogP contribution in [0.3, 0.4) is 0 Å². The third-order valence-corrected chi connectivity index (χ3v) is 4.11. The molecule has 3 unspecified atom stereocenters. The van der Waals surface area contributed by atoms with Gasteiger partial charge < -0.3 is 5.11 Å². The smallest absolute Gasteiger partial charge is 0.123 e. The summed E-state index contributed by atoms with van der Waals surface area (Å²) in [6, 6.07) is 4.91. The summed E-state index contributed by atoms with van der Waals surface area (Å²) in [5.41, 5.74) is 0.762. The Kier molecular flexibility index (Phi) is 3.26. The second-order valence-electron chi connectivity index (χ2n) is 5.73. The van der Waals surface area contributed by atoms with Crippen LogP contribution in [-0.2, 0) is 5.60 Å². The van der Waals surface area contributed by atoms with Crippen molar-refractivity contribution in [2.24, 2.45) is 11.8 Å². The average Bonchev–Trinajstić information content (AvgIpc) is 2.22. The van der Waals surface area contributed by atoms with E-state index < -0.39 is 5.60 Å². The molecule has 0 heterocycles. The minimum Gasteiger partial charge on any atom is -0.385 e. The fourth-order valence-corrected chi connectivity index (χ4v) is 3.00. The molecule has 0 radical (unpaired) electrons. The third kappa shape index (κ3) is 2.37.